The van der Waals surface area contributed by atoms with Crippen LogP contribution in [0, 0.1) is 3.57 Å². The van der Waals surface area contributed by atoms with Crippen molar-refractivity contribution in [1.82, 2.24) is 5.32 Å². The minimum Gasteiger partial charge on any atom is -0.455 e. The molecule has 4 heteroatoms. The molecule has 0 radical (unpaired) electrons. The predicted molar refractivity (Wildman–Crippen MR) is 97.4 cm³/mol. The standard InChI is InChI=1S/C17H19ClINO/c1-3-10-20-12(2)13-8-9-16(14(18)11-13)21-17-7-5-4-6-15(17)19/h4-9,11-12,20H,3,10H2,1-2H3. The van der Waals surface area contributed by atoms with Gasteiger partial charge in [-0.15, -0.1) is 0 Å². The number of ether oxygens (including phenoxy) is 1. The van der Waals surface area contributed by atoms with E-state index in [0.29, 0.717) is 10.8 Å². The Bertz CT molecular complexity index is 603. The summed E-state index contributed by atoms with van der Waals surface area (Å²) in [6, 6.07) is 14.1. The molecule has 0 spiro atoms. The van der Waals surface area contributed by atoms with Gasteiger partial charge < -0.3 is 10.1 Å². The third-order valence-corrected chi connectivity index (χ3v) is 4.40. The fraction of sp³-hybridized carbons (Fsp3) is 0.294. The van der Waals surface area contributed by atoms with Gasteiger partial charge in [-0.1, -0.05) is 36.7 Å². The van der Waals surface area contributed by atoms with Gasteiger partial charge in [0.25, 0.3) is 0 Å². The van der Waals surface area contributed by atoms with Gasteiger partial charge in [-0.25, -0.2) is 0 Å². The highest BCUT2D eigenvalue weighted by molar-refractivity contribution is 14.1. The Morgan fingerprint density at radius 1 is 1.19 bits per heavy atom. The first-order valence-electron chi connectivity index (χ1n) is 7.07. The summed E-state index contributed by atoms with van der Waals surface area (Å²) in [7, 11) is 0. The predicted octanol–water partition coefficient (Wildman–Crippen LogP) is 5.80. The van der Waals surface area contributed by atoms with Crippen molar-refractivity contribution in [2.75, 3.05) is 6.54 Å². The van der Waals surface area contributed by atoms with E-state index in [1.165, 1.54) is 5.56 Å². The third-order valence-electron chi connectivity index (χ3n) is 3.21. The summed E-state index contributed by atoms with van der Waals surface area (Å²) in [5.74, 6) is 1.51. The molecule has 1 N–H and O–H groups in total. The number of para-hydroxylation sites is 1. The molecule has 0 fully saturated rings. The molecular weight excluding hydrogens is 397 g/mol. The van der Waals surface area contributed by atoms with E-state index in [4.69, 9.17) is 16.3 Å². The second-order valence-electron chi connectivity index (χ2n) is 4.90. The third kappa shape index (κ3) is 4.59. The van der Waals surface area contributed by atoms with Crippen molar-refractivity contribution >= 4 is 34.2 Å². The molecule has 0 heterocycles. The van der Waals surface area contributed by atoms with Crippen LogP contribution in [0.5, 0.6) is 11.5 Å². The van der Waals surface area contributed by atoms with Crippen molar-refractivity contribution in [3.63, 3.8) is 0 Å². The van der Waals surface area contributed by atoms with Crippen LogP contribution >= 0.6 is 34.2 Å². The highest BCUT2D eigenvalue weighted by Gasteiger charge is 2.10. The van der Waals surface area contributed by atoms with E-state index >= 15 is 0 Å². The molecule has 1 atom stereocenters. The van der Waals surface area contributed by atoms with Crippen LogP contribution in [-0.4, -0.2) is 6.54 Å². The van der Waals surface area contributed by atoms with Gasteiger partial charge in [0.1, 0.15) is 11.5 Å². The molecule has 0 aliphatic rings. The minimum atomic E-state index is 0.286. The molecule has 1 unspecified atom stereocenters. The number of hydrogen-bond acceptors (Lipinski definition) is 2. The zero-order valence-electron chi connectivity index (χ0n) is 12.2. The molecule has 0 amide bonds. The van der Waals surface area contributed by atoms with Gasteiger partial charge in [0.15, 0.2) is 0 Å². The smallest absolute Gasteiger partial charge is 0.146 e. The molecule has 2 aromatic carbocycles. The molecule has 21 heavy (non-hydrogen) atoms. The lowest BCUT2D eigenvalue weighted by Gasteiger charge is -2.15. The van der Waals surface area contributed by atoms with Crippen LogP contribution in [0.2, 0.25) is 5.02 Å². The van der Waals surface area contributed by atoms with E-state index < -0.39 is 0 Å². The zero-order valence-corrected chi connectivity index (χ0v) is 15.1. The Balaban J connectivity index is 2.14. The molecular formula is C17H19ClINO. The second-order valence-corrected chi connectivity index (χ2v) is 6.47. The summed E-state index contributed by atoms with van der Waals surface area (Å²) in [4.78, 5) is 0. The summed E-state index contributed by atoms with van der Waals surface area (Å²) in [6.07, 6.45) is 1.12. The molecule has 0 aliphatic heterocycles. The van der Waals surface area contributed by atoms with Gasteiger partial charge in [-0.2, -0.15) is 0 Å². The largest absolute Gasteiger partial charge is 0.455 e. The number of nitrogens with one attached hydrogen (secondary N) is 1. The van der Waals surface area contributed by atoms with Crippen LogP contribution in [0.15, 0.2) is 42.5 Å². The average Bonchev–Trinajstić information content (AvgIpc) is 2.49. The zero-order chi connectivity index (χ0) is 15.2. The highest BCUT2D eigenvalue weighted by Crippen LogP contribution is 2.33. The van der Waals surface area contributed by atoms with E-state index in [0.717, 1.165) is 22.3 Å². The Labute approximate surface area is 145 Å². The van der Waals surface area contributed by atoms with E-state index in [1.807, 2.05) is 36.4 Å². The van der Waals surface area contributed by atoms with Crippen molar-refractivity contribution in [3.8, 4) is 11.5 Å². The Hall–Kier alpha value is -0.780. The van der Waals surface area contributed by atoms with E-state index in [1.54, 1.807) is 0 Å². The Morgan fingerprint density at radius 2 is 1.95 bits per heavy atom. The topological polar surface area (TPSA) is 21.3 Å². The normalized spacial score (nSPS) is 12.2. The van der Waals surface area contributed by atoms with Crippen molar-refractivity contribution in [2.24, 2.45) is 0 Å². The number of halogens is 2. The average molecular weight is 416 g/mol. The quantitative estimate of drug-likeness (QED) is 0.602. The van der Waals surface area contributed by atoms with Gasteiger partial charge in [0, 0.05) is 6.04 Å². The molecule has 2 nitrogen and oxygen atoms in total. The van der Waals surface area contributed by atoms with Crippen molar-refractivity contribution in [2.45, 2.75) is 26.3 Å². The summed E-state index contributed by atoms with van der Waals surface area (Å²) in [5, 5.41) is 4.09. The summed E-state index contributed by atoms with van der Waals surface area (Å²) < 4.78 is 6.96. The van der Waals surface area contributed by atoms with Crippen LogP contribution in [0.1, 0.15) is 31.9 Å². The molecule has 0 saturated carbocycles. The molecule has 0 saturated heterocycles. The monoisotopic (exact) mass is 415 g/mol. The number of benzene rings is 2. The van der Waals surface area contributed by atoms with Crippen LogP contribution in [-0.2, 0) is 0 Å². The van der Waals surface area contributed by atoms with Crippen LogP contribution in [0.25, 0.3) is 0 Å². The second kappa shape index (κ2) is 8.01. The van der Waals surface area contributed by atoms with Crippen LogP contribution < -0.4 is 10.1 Å². The SMILES string of the molecule is CCCNC(C)c1ccc(Oc2ccccc2I)c(Cl)c1. The molecule has 0 bridgehead atoms. The first-order valence-corrected chi connectivity index (χ1v) is 8.52. The Kier molecular flexibility index (Phi) is 6.33. The van der Waals surface area contributed by atoms with Crippen molar-refractivity contribution in [1.29, 1.82) is 0 Å². The van der Waals surface area contributed by atoms with Gasteiger partial charge in [0.05, 0.1) is 8.59 Å². The first kappa shape index (κ1) is 16.6. The fourth-order valence-corrected chi connectivity index (χ4v) is 2.72. The maximum absolute atomic E-state index is 6.35. The Morgan fingerprint density at radius 3 is 2.62 bits per heavy atom. The van der Waals surface area contributed by atoms with Crippen LogP contribution in [0.3, 0.4) is 0 Å². The molecule has 2 rings (SSSR count). The molecule has 2 aromatic rings. The number of rotatable bonds is 6. The van der Waals surface area contributed by atoms with Gasteiger partial charge in [-0.3, -0.25) is 0 Å². The van der Waals surface area contributed by atoms with Crippen molar-refractivity contribution in [3.05, 3.63) is 56.6 Å². The van der Waals surface area contributed by atoms with E-state index in [-0.39, 0.29) is 6.04 Å². The maximum Gasteiger partial charge on any atom is 0.146 e. The fourth-order valence-electron chi connectivity index (χ4n) is 1.99. The molecule has 112 valence electrons. The summed E-state index contributed by atoms with van der Waals surface area (Å²) in [5.41, 5.74) is 1.17. The minimum absolute atomic E-state index is 0.286. The molecule has 0 aliphatic carbocycles. The summed E-state index contributed by atoms with van der Waals surface area (Å²) in [6.45, 7) is 5.30. The highest BCUT2D eigenvalue weighted by atomic mass is 127. The van der Waals surface area contributed by atoms with Gasteiger partial charge in [-0.05, 0) is 72.3 Å². The molecule has 0 aromatic heterocycles. The van der Waals surface area contributed by atoms with Gasteiger partial charge >= 0.3 is 0 Å². The van der Waals surface area contributed by atoms with Crippen LogP contribution in [0.4, 0.5) is 0 Å². The maximum atomic E-state index is 6.35. The lowest BCUT2D eigenvalue weighted by Crippen LogP contribution is -2.19. The number of hydrogen-bond donors (Lipinski definition) is 1. The van der Waals surface area contributed by atoms with Gasteiger partial charge in [0.2, 0.25) is 0 Å². The lowest BCUT2D eigenvalue weighted by molar-refractivity contribution is 0.478. The van der Waals surface area contributed by atoms with E-state index in [2.05, 4.69) is 47.8 Å². The van der Waals surface area contributed by atoms with Crippen molar-refractivity contribution < 1.29 is 4.74 Å². The lowest BCUT2D eigenvalue weighted by atomic mass is 10.1. The first-order chi connectivity index (χ1) is 10.1. The van der Waals surface area contributed by atoms with E-state index in [9.17, 15) is 0 Å². The summed E-state index contributed by atoms with van der Waals surface area (Å²) >= 11 is 8.61.